The Labute approximate surface area is 189 Å². The Morgan fingerprint density at radius 1 is 1.00 bits per heavy atom. The second-order valence-corrected chi connectivity index (χ2v) is 9.63. The van der Waals surface area contributed by atoms with Gasteiger partial charge in [0.1, 0.15) is 5.01 Å². The Kier molecular flexibility index (Phi) is 6.29. The van der Waals surface area contributed by atoms with Crippen molar-refractivity contribution in [3.05, 3.63) is 89.6 Å². The van der Waals surface area contributed by atoms with E-state index in [1.165, 1.54) is 35.7 Å². The van der Waals surface area contributed by atoms with Gasteiger partial charge < -0.3 is 5.32 Å². The Balaban J connectivity index is 1.39. The van der Waals surface area contributed by atoms with Crippen molar-refractivity contribution in [2.45, 2.75) is 18.2 Å². The van der Waals surface area contributed by atoms with Crippen molar-refractivity contribution < 1.29 is 13.2 Å². The topological polar surface area (TPSA) is 101 Å². The lowest BCUT2D eigenvalue weighted by Gasteiger charge is -2.06. The number of ketones is 1. The number of aryl methyl sites for hydroxylation is 1. The fourth-order valence-electron chi connectivity index (χ4n) is 2.99. The quantitative estimate of drug-likeness (QED) is 0.285. The Bertz CT molecular complexity index is 1390. The van der Waals surface area contributed by atoms with Crippen LogP contribution in [0.3, 0.4) is 0 Å². The molecule has 0 saturated carbocycles. The Hall–Kier alpha value is -3.56. The molecule has 0 unspecified atom stereocenters. The van der Waals surface area contributed by atoms with Gasteiger partial charge in [-0.05, 0) is 47.5 Å². The van der Waals surface area contributed by atoms with Crippen molar-refractivity contribution in [2.24, 2.45) is 0 Å². The maximum absolute atomic E-state index is 12.5. The molecule has 4 rings (SSSR count). The van der Waals surface area contributed by atoms with E-state index in [0.29, 0.717) is 17.7 Å². The number of nitrogens with zero attached hydrogens (tertiary/aromatic N) is 2. The van der Waals surface area contributed by atoms with Crippen LogP contribution in [0.5, 0.6) is 0 Å². The van der Waals surface area contributed by atoms with Crippen LogP contribution >= 0.6 is 11.3 Å². The largest absolute Gasteiger partial charge is 0.362 e. The molecule has 0 spiro atoms. The Morgan fingerprint density at radius 3 is 2.47 bits per heavy atom. The van der Waals surface area contributed by atoms with Crippen LogP contribution in [-0.4, -0.2) is 24.4 Å². The first-order valence-electron chi connectivity index (χ1n) is 9.86. The van der Waals surface area contributed by atoms with Crippen molar-refractivity contribution in [1.82, 2.24) is 10.2 Å². The normalized spacial score (nSPS) is 11.7. The fourth-order valence-corrected chi connectivity index (χ4v) is 4.90. The van der Waals surface area contributed by atoms with Crippen LogP contribution in [0.15, 0.2) is 83.9 Å². The number of aromatic nitrogens is 2. The number of benzene rings is 3. The summed E-state index contributed by atoms with van der Waals surface area (Å²) in [5.74, 6) is -0.129. The molecule has 0 aliphatic heterocycles. The molecular formula is C23H20N4O3S2. The molecule has 1 heterocycles. The van der Waals surface area contributed by atoms with Crippen LogP contribution in [0.1, 0.15) is 22.3 Å². The van der Waals surface area contributed by atoms with Crippen molar-refractivity contribution in [1.29, 1.82) is 0 Å². The highest BCUT2D eigenvalue weighted by atomic mass is 32.2. The summed E-state index contributed by atoms with van der Waals surface area (Å²) in [6.07, 6.45) is 3.67. The molecule has 0 aliphatic rings. The minimum absolute atomic E-state index is 0.104. The SMILES string of the molecule is CCc1nnc(NS(=O)(=O)c2ccc(N/C=C\C(=O)c3ccc4ccccc4c3)cc2)s1. The van der Waals surface area contributed by atoms with Gasteiger partial charge in [-0.15, -0.1) is 10.2 Å². The highest BCUT2D eigenvalue weighted by molar-refractivity contribution is 7.93. The summed E-state index contributed by atoms with van der Waals surface area (Å²) in [7, 11) is -3.75. The molecule has 32 heavy (non-hydrogen) atoms. The summed E-state index contributed by atoms with van der Waals surface area (Å²) in [5.41, 5.74) is 1.24. The maximum Gasteiger partial charge on any atom is 0.263 e. The van der Waals surface area contributed by atoms with Crippen molar-refractivity contribution in [2.75, 3.05) is 10.0 Å². The van der Waals surface area contributed by atoms with Gasteiger partial charge in [0, 0.05) is 23.5 Å². The molecular weight excluding hydrogens is 444 g/mol. The van der Waals surface area contributed by atoms with Gasteiger partial charge in [-0.3, -0.25) is 9.52 Å². The number of carbonyl (C=O) groups is 1. The minimum Gasteiger partial charge on any atom is -0.362 e. The van der Waals surface area contributed by atoms with Crippen LogP contribution in [0, 0.1) is 0 Å². The average Bonchev–Trinajstić information content (AvgIpc) is 3.26. The number of nitrogens with one attached hydrogen (secondary N) is 2. The first kappa shape index (κ1) is 21.7. The first-order chi connectivity index (χ1) is 15.4. The summed E-state index contributed by atoms with van der Waals surface area (Å²) in [4.78, 5) is 12.5. The molecule has 2 N–H and O–H groups in total. The van der Waals surface area contributed by atoms with Crippen molar-refractivity contribution in [3.63, 3.8) is 0 Å². The predicted molar refractivity (Wildman–Crippen MR) is 128 cm³/mol. The summed E-state index contributed by atoms with van der Waals surface area (Å²) in [6, 6.07) is 19.6. The lowest BCUT2D eigenvalue weighted by Crippen LogP contribution is -2.12. The van der Waals surface area contributed by atoms with Gasteiger partial charge in [-0.2, -0.15) is 0 Å². The van der Waals surface area contributed by atoms with Crippen molar-refractivity contribution >= 4 is 48.7 Å². The molecule has 1 aromatic heterocycles. The van der Waals surface area contributed by atoms with Gasteiger partial charge in [0.15, 0.2) is 5.78 Å². The zero-order valence-corrected chi connectivity index (χ0v) is 18.8. The third-order valence-electron chi connectivity index (χ3n) is 4.67. The number of allylic oxidation sites excluding steroid dienone is 1. The van der Waals surface area contributed by atoms with Gasteiger partial charge in [0.2, 0.25) is 5.13 Å². The second-order valence-electron chi connectivity index (χ2n) is 6.89. The lowest BCUT2D eigenvalue weighted by atomic mass is 10.0. The van der Waals surface area contributed by atoms with Crippen molar-refractivity contribution in [3.8, 4) is 0 Å². The van der Waals surface area contributed by atoms with E-state index in [4.69, 9.17) is 0 Å². The zero-order chi connectivity index (χ0) is 22.6. The zero-order valence-electron chi connectivity index (χ0n) is 17.1. The number of hydrogen-bond acceptors (Lipinski definition) is 7. The van der Waals surface area contributed by atoms with Gasteiger partial charge in [-0.25, -0.2) is 8.42 Å². The highest BCUT2D eigenvalue weighted by Gasteiger charge is 2.16. The summed E-state index contributed by atoms with van der Waals surface area (Å²) < 4.78 is 27.5. The van der Waals surface area contributed by atoms with Crippen LogP contribution in [0.4, 0.5) is 10.8 Å². The number of anilines is 2. The number of sulfonamides is 1. The van der Waals surface area contributed by atoms with E-state index in [-0.39, 0.29) is 15.8 Å². The summed E-state index contributed by atoms with van der Waals surface area (Å²) in [5, 5.41) is 13.8. The van der Waals surface area contributed by atoms with Gasteiger partial charge in [-0.1, -0.05) is 54.7 Å². The second kappa shape index (κ2) is 9.29. The summed E-state index contributed by atoms with van der Waals surface area (Å²) >= 11 is 1.20. The number of rotatable bonds is 8. The van der Waals surface area contributed by atoms with Gasteiger partial charge >= 0.3 is 0 Å². The van der Waals surface area contributed by atoms with E-state index in [1.54, 1.807) is 18.2 Å². The molecule has 7 nitrogen and oxygen atoms in total. The maximum atomic E-state index is 12.5. The number of fused-ring (bicyclic) bond motifs is 1. The number of carbonyl (C=O) groups excluding carboxylic acids is 1. The highest BCUT2D eigenvalue weighted by Crippen LogP contribution is 2.21. The Morgan fingerprint density at radius 2 is 1.75 bits per heavy atom. The third-order valence-corrected chi connectivity index (χ3v) is 7.14. The monoisotopic (exact) mass is 464 g/mol. The van der Waals surface area contributed by atoms with E-state index in [1.807, 2.05) is 43.3 Å². The molecule has 0 atom stereocenters. The molecule has 3 aromatic carbocycles. The van der Waals surface area contributed by atoms with Crippen LogP contribution in [-0.2, 0) is 16.4 Å². The van der Waals surface area contributed by atoms with E-state index in [2.05, 4.69) is 20.2 Å². The average molecular weight is 465 g/mol. The molecule has 9 heteroatoms. The van der Waals surface area contributed by atoms with Gasteiger partial charge in [0.25, 0.3) is 10.0 Å². The van der Waals surface area contributed by atoms with E-state index >= 15 is 0 Å². The molecule has 4 aromatic rings. The van der Waals surface area contributed by atoms with Crippen LogP contribution in [0.2, 0.25) is 0 Å². The van der Waals surface area contributed by atoms with E-state index < -0.39 is 10.0 Å². The lowest BCUT2D eigenvalue weighted by molar-refractivity contribution is 0.104. The van der Waals surface area contributed by atoms with Crippen LogP contribution < -0.4 is 10.0 Å². The molecule has 0 fully saturated rings. The minimum atomic E-state index is -3.75. The smallest absolute Gasteiger partial charge is 0.263 e. The molecule has 0 radical (unpaired) electrons. The molecule has 0 aliphatic carbocycles. The third kappa shape index (κ3) is 5.01. The fraction of sp³-hybridized carbons (Fsp3) is 0.0870. The van der Waals surface area contributed by atoms with Crippen LogP contribution in [0.25, 0.3) is 10.8 Å². The molecule has 0 bridgehead atoms. The van der Waals surface area contributed by atoms with E-state index in [0.717, 1.165) is 15.8 Å². The molecule has 0 amide bonds. The van der Waals surface area contributed by atoms with Gasteiger partial charge in [0.05, 0.1) is 4.90 Å². The first-order valence-corrected chi connectivity index (χ1v) is 12.2. The van der Waals surface area contributed by atoms with E-state index in [9.17, 15) is 13.2 Å². The standard InChI is InChI=1S/C23H20N4O3S2/c1-2-22-25-26-23(31-22)27-32(29,30)20-11-9-19(10-12-20)24-14-13-21(28)18-8-7-16-5-3-4-6-17(16)15-18/h3-15,24H,2H2,1H3,(H,26,27)/b14-13-. The molecule has 162 valence electrons. The number of hydrogen-bond donors (Lipinski definition) is 2. The molecule has 0 saturated heterocycles. The predicted octanol–water partition coefficient (Wildman–Crippen LogP) is 4.86. The summed E-state index contributed by atoms with van der Waals surface area (Å²) in [6.45, 7) is 1.92.